The van der Waals surface area contributed by atoms with Crippen LogP contribution >= 0.6 is 0 Å². The summed E-state index contributed by atoms with van der Waals surface area (Å²) in [5.74, 6) is 1.68. The molecule has 0 spiro atoms. The van der Waals surface area contributed by atoms with Gasteiger partial charge in [0.1, 0.15) is 5.75 Å². The van der Waals surface area contributed by atoms with E-state index < -0.39 is 0 Å². The van der Waals surface area contributed by atoms with Crippen molar-refractivity contribution in [2.24, 2.45) is 4.99 Å². The van der Waals surface area contributed by atoms with Crippen LogP contribution in [0, 0.1) is 0 Å². The number of nitrogens with zero attached hydrogens (tertiary/aromatic N) is 2. The molecule has 29 heavy (non-hydrogen) atoms. The molecule has 1 heterocycles. The molecule has 1 aromatic heterocycles. The molecule has 0 bridgehead atoms. The van der Waals surface area contributed by atoms with Crippen molar-refractivity contribution in [2.45, 2.75) is 12.5 Å². The smallest absolute Gasteiger partial charge is 0.191 e. The first-order chi connectivity index (χ1) is 14.1. The number of rotatable bonds is 8. The van der Waals surface area contributed by atoms with Gasteiger partial charge in [-0.2, -0.15) is 0 Å². The van der Waals surface area contributed by atoms with Crippen LogP contribution in [-0.4, -0.2) is 57.2 Å². The van der Waals surface area contributed by atoms with Crippen LogP contribution in [0.5, 0.6) is 5.75 Å². The van der Waals surface area contributed by atoms with E-state index in [1.54, 1.807) is 14.2 Å². The fraction of sp³-hybridized carbons (Fsp3) is 0.348. The molecular formula is C23H31N5O. The van der Waals surface area contributed by atoms with Gasteiger partial charge in [0.25, 0.3) is 0 Å². The standard InChI is InChI=1S/C23H31N5O/c1-24-23(25-14-13-18-15-26-21-8-6-5-7-20(18)21)27-16-22(28(2)3)17-9-11-19(29-4)12-10-17/h5-12,15,22,26H,13-14,16H2,1-4H3,(H2,24,25,27). The highest BCUT2D eigenvalue weighted by atomic mass is 16.5. The van der Waals surface area contributed by atoms with E-state index in [1.165, 1.54) is 22.0 Å². The van der Waals surface area contributed by atoms with Gasteiger partial charge in [-0.05, 0) is 49.8 Å². The Morgan fingerprint density at radius 1 is 1.10 bits per heavy atom. The van der Waals surface area contributed by atoms with Crippen molar-refractivity contribution in [3.05, 3.63) is 65.9 Å². The number of fused-ring (bicyclic) bond motifs is 1. The van der Waals surface area contributed by atoms with Crippen LogP contribution in [0.15, 0.2) is 59.7 Å². The van der Waals surface area contributed by atoms with E-state index in [9.17, 15) is 0 Å². The minimum absolute atomic E-state index is 0.230. The third-order valence-corrected chi connectivity index (χ3v) is 5.17. The van der Waals surface area contributed by atoms with Crippen molar-refractivity contribution < 1.29 is 4.74 Å². The molecule has 2 aromatic carbocycles. The maximum atomic E-state index is 5.27. The molecule has 3 aromatic rings. The van der Waals surface area contributed by atoms with Crippen LogP contribution in [0.2, 0.25) is 0 Å². The van der Waals surface area contributed by atoms with Gasteiger partial charge in [-0.1, -0.05) is 30.3 Å². The van der Waals surface area contributed by atoms with Crippen LogP contribution in [-0.2, 0) is 6.42 Å². The minimum Gasteiger partial charge on any atom is -0.497 e. The van der Waals surface area contributed by atoms with Gasteiger partial charge in [0.05, 0.1) is 13.2 Å². The lowest BCUT2D eigenvalue weighted by Crippen LogP contribution is -2.42. The topological polar surface area (TPSA) is 64.7 Å². The van der Waals surface area contributed by atoms with E-state index in [1.807, 2.05) is 12.1 Å². The van der Waals surface area contributed by atoms with Gasteiger partial charge >= 0.3 is 0 Å². The van der Waals surface area contributed by atoms with Crippen LogP contribution in [0.1, 0.15) is 17.2 Å². The van der Waals surface area contributed by atoms with E-state index in [-0.39, 0.29) is 6.04 Å². The zero-order valence-corrected chi connectivity index (χ0v) is 17.7. The van der Waals surface area contributed by atoms with Gasteiger partial charge in [0, 0.05) is 37.2 Å². The van der Waals surface area contributed by atoms with Crippen molar-refractivity contribution in [2.75, 3.05) is 41.3 Å². The summed E-state index contributed by atoms with van der Waals surface area (Å²) >= 11 is 0. The monoisotopic (exact) mass is 393 g/mol. The third kappa shape index (κ3) is 5.29. The Morgan fingerprint density at radius 3 is 2.55 bits per heavy atom. The molecule has 0 saturated heterocycles. The Bertz CT molecular complexity index is 930. The van der Waals surface area contributed by atoms with E-state index in [4.69, 9.17) is 4.74 Å². The van der Waals surface area contributed by atoms with Gasteiger partial charge in [0.2, 0.25) is 0 Å². The number of ether oxygens (including phenoxy) is 1. The van der Waals surface area contributed by atoms with Crippen molar-refractivity contribution in [3.63, 3.8) is 0 Å². The van der Waals surface area contributed by atoms with Gasteiger partial charge in [-0.15, -0.1) is 0 Å². The molecule has 0 fully saturated rings. The molecule has 6 heteroatoms. The van der Waals surface area contributed by atoms with Crippen LogP contribution in [0.25, 0.3) is 10.9 Å². The number of likely N-dealkylation sites (N-methyl/N-ethyl adjacent to an activating group) is 1. The van der Waals surface area contributed by atoms with E-state index in [0.29, 0.717) is 0 Å². The number of hydrogen-bond acceptors (Lipinski definition) is 3. The summed E-state index contributed by atoms with van der Waals surface area (Å²) in [5.41, 5.74) is 3.73. The van der Waals surface area contributed by atoms with Crippen LogP contribution < -0.4 is 15.4 Å². The van der Waals surface area contributed by atoms with Crippen molar-refractivity contribution >= 4 is 16.9 Å². The predicted octanol–water partition coefficient (Wildman–Crippen LogP) is 3.19. The van der Waals surface area contributed by atoms with Crippen LogP contribution in [0.4, 0.5) is 0 Å². The highest BCUT2D eigenvalue weighted by Crippen LogP contribution is 2.21. The summed E-state index contributed by atoms with van der Waals surface area (Å²) in [6.45, 7) is 1.57. The number of aromatic amines is 1. The number of nitrogens with one attached hydrogen (secondary N) is 3. The second kappa shape index (κ2) is 9.98. The SMILES string of the molecule is CN=C(NCCc1c[nH]c2ccccc12)NCC(c1ccc(OC)cc1)N(C)C. The number of H-pyrrole nitrogens is 1. The second-order valence-corrected chi connectivity index (χ2v) is 7.24. The molecule has 0 aliphatic heterocycles. The summed E-state index contributed by atoms with van der Waals surface area (Å²) in [6.07, 6.45) is 3.02. The highest BCUT2D eigenvalue weighted by molar-refractivity contribution is 5.83. The molecule has 0 aliphatic carbocycles. The molecule has 1 atom stereocenters. The summed E-state index contributed by atoms with van der Waals surface area (Å²) in [7, 11) is 7.67. The fourth-order valence-electron chi connectivity index (χ4n) is 3.49. The number of methoxy groups -OCH3 is 1. The fourth-order valence-corrected chi connectivity index (χ4v) is 3.49. The van der Waals surface area contributed by atoms with Crippen molar-refractivity contribution in [1.82, 2.24) is 20.5 Å². The maximum Gasteiger partial charge on any atom is 0.191 e. The molecule has 3 rings (SSSR count). The Labute approximate surface area is 173 Å². The Balaban J connectivity index is 1.54. The van der Waals surface area contributed by atoms with Crippen molar-refractivity contribution in [1.29, 1.82) is 0 Å². The van der Waals surface area contributed by atoms with E-state index in [2.05, 4.69) is 82.2 Å². The Hall–Kier alpha value is -2.99. The summed E-state index contributed by atoms with van der Waals surface area (Å²) < 4.78 is 5.27. The number of hydrogen-bond donors (Lipinski definition) is 3. The van der Waals surface area contributed by atoms with Gasteiger partial charge in [-0.25, -0.2) is 0 Å². The number of aliphatic imine (C=N–C) groups is 1. The zero-order valence-electron chi connectivity index (χ0n) is 17.7. The van der Waals surface area contributed by atoms with Crippen molar-refractivity contribution in [3.8, 4) is 5.75 Å². The number of benzene rings is 2. The number of aromatic nitrogens is 1. The zero-order chi connectivity index (χ0) is 20.6. The highest BCUT2D eigenvalue weighted by Gasteiger charge is 2.15. The molecular weight excluding hydrogens is 362 g/mol. The molecule has 3 N–H and O–H groups in total. The summed E-state index contributed by atoms with van der Waals surface area (Å²) in [5, 5.41) is 8.16. The maximum absolute atomic E-state index is 5.27. The van der Waals surface area contributed by atoms with Crippen LogP contribution in [0.3, 0.4) is 0 Å². The lowest BCUT2D eigenvalue weighted by molar-refractivity contribution is 0.298. The first-order valence-corrected chi connectivity index (χ1v) is 9.92. The van der Waals surface area contributed by atoms with Gasteiger partial charge < -0.3 is 25.3 Å². The van der Waals surface area contributed by atoms with E-state index >= 15 is 0 Å². The first-order valence-electron chi connectivity index (χ1n) is 9.92. The molecule has 0 saturated carbocycles. The molecule has 0 radical (unpaired) electrons. The second-order valence-electron chi connectivity index (χ2n) is 7.24. The molecule has 0 aliphatic rings. The largest absolute Gasteiger partial charge is 0.497 e. The number of guanidine groups is 1. The molecule has 0 amide bonds. The summed E-state index contributed by atoms with van der Waals surface area (Å²) in [6, 6.07) is 16.8. The quantitative estimate of drug-likeness (QED) is 0.406. The minimum atomic E-state index is 0.230. The molecule has 154 valence electrons. The third-order valence-electron chi connectivity index (χ3n) is 5.17. The first kappa shape index (κ1) is 20.7. The van der Waals surface area contributed by atoms with E-state index in [0.717, 1.165) is 31.2 Å². The Kier molecular flexibility index (Phi) is 7.14. The number of para-hydroxylation sites is 1. The molecule has 1 unspecified atom stereocenters. The normalized spacial score (nSPS) is 12.9. The van der Waals surface area contributed by atoms with Gasteiger partial charge in [0.15, 0.2) is 5.96 Å². The predicted molar refractivity (Wildman–Crippen MR) is 121 cm³/mol. The average molecular weight is 394 g/mol. The lowest BCUT2D eigenvalue weighted by Gasteiger charge is -2.26. The van der Waals surface area contributed by atoms with Gasteiger partial charge in [-0.3, -0.25) is 4.99 Å². The summed E-state index contributed by atoms with van der Waals surface area (Å²) in [4.78, 5) is 9.90. The average Bonchev–Trinajstić information content (AvgIpc) is 3.16. The molecule has 6 nitrogen and oxygen atoms in total. The Morgan fingerprint density at radius 2 is 1.86 bits per heavy atom. The lowest BCUT2D eigenvalue weighted by atomic mass is 10.1.